The largest absolute Gasteiger partial charge is 0.398 e. The fraction of sp³-hybridized carbons (Fsp3) is 0.211. The molecule has 2 aromatic carbocycles. The van der Waals surface area contributed by atoms with Crippen molar-refractivity contribution in [1.82, 2.24) is 4.57 Å². The molecule has 1 heterocycles. The number of aromatic nitrogens is 1. The van der Waals surface area contributed by atoms with Crippen molar-refractivity contribution in [1.29, 1.82) is 5.41 Å². The van der Waals surface area contributed by atoms with Gasteiger partial charge in [-0.2, -0.15) is 0 Å². The van der Waals surface area contributed by atoms with Crippen LogP contribution in [-0.2, 0) is 0 Å². The van der Waals surface area contributed by atoms with E-state index in [1.54, 1.807) is 13.0 Å². The molecule has 3 nitrogen and oxygen atoms in total. The highest BCUT2D eigenvalue weighted by molar-refractivity contribution is 5.95. The van der Waals surface area contributed by atoms with Gasteiger partial charge in [-0.3, -0.25) is 0 Å². The van der Waals surface area contributed by atoms with Crippen molar-refractivity contribution in [3.8, 4) is 5.69 Å². The van der Waals surface area contributed by atoms with Crippen molar-refractivity contribution in [3.05, 3.63) is 59.0 Å². The van der Waals surface area contributed by atoms with Crippen LogP contribution in [0.4, 0.5) is 10.1 Å². The van der Waals surface area contributed by atoms with Gasteiger partial charge in [0.05, 0.1) is 5.52 Å². The highest BCUT2D eigenvalue weighted by Gasteiger charge is 2.15. The van der Waals surface area contributed by atoms with Crippen LogP contribution in [-0.4, -0.2) is 10.8 Å². The molecule has 0 saturated heterocycles. The van der Waals surface area contributed by atoms with Gasteiger partial charge in [-0.15, -0.1) is 0 Å². The van der Waals surface area contributed by atoms with Gasteiger partial charge in [0.25, 0.3) is 0 Å². The number of aryl methyl sites for hydroxylation is 1. The number of nitrogen functional groups attached to an aromatic ring is 1. The Balaban J connectivity index is 2.38. The summed E-state index contributed by atoms with van der Waals surface area (Å²) in [5.41, 5.74) is 10.9. The number of halogens is 1. The molecule has 4 heteroatoms. The first-order valence-electron chi connectivity index (χ1n) is 7.64. The van der Waals surface area contributed by atoms with Crippen LogP contribution in [0.5, 0.6) is 0 Å². The quantitative estimate of drug-likeness (QED) is 0.531. The molecule has 0 saturated carbocycles. The Morgan fingerprint density at radius 3 is 2.52 bits per heavy atom. The Bertz CT molecular complexity index is 907. The molecule has 0 fully saturated rings. The van der Waals surface area contributed by atoms with Crippen molar-refractivity contribution in [2.75, 3.05) is 5.73 Å². The molecule has 0 aliphatic heterocycles. The fourth-order valence-corrected chi connectivity index (χ4v) is 2.92. The molecule has 3 aromatic rings. The zero-order valence-corrected chi connectivity index (χ0v) is 13.5. The van der Waals surface area contributed by atoms with Crippen LogP contribution in [0.3, 0.4) is 0 Å². The number of hydrogen-bond acceptors (Lipinski definition) is 2. The van der Waals surface area contributed by atoms with Gasteiger partial charge in [-0.25, -0.2) is 4.39 Å². The number of hydrogen-bond donors (Lipinski definition) is 2. The molecule has 0 spiro atoms. The van der Waals surface area contributed by atoms with E-state index in [4.69, 9.17) is 11.1 Å². The van der Waals surface area contributed by atoms with Gasteiger partial charge in [-0.1, -0.05) is 13.8 Å². The monoisotopic (exact) mass is 309 g/mol. The third kappa shape index (κ3) is 2.50. The molecular formula is C19H20FN3. The van der Waals surface area contributed by atoms with E-state index in [2.05, 4.69) is 24.5 Å². The summed E-state index contributed by atoms with van der Waals surface area (Å²) in [4.78, 5) is 0. The van der Waals surface area contributed by atoms with E-state index < -0.39 is 0 Å². The van der Waals surface area contributed by atoms with Gasteiger partial charge >= 0.3 is 0 Å². The van der Waals surface area contributed by atoms with Crippen molar-refractivity contribution >= 4 is 22.8 Å². The van der Waals surface area contributed by atoms with Gasteiger partial charge in [0.15, 0.2) is 0 Å². The summed E-state index contributed by atoms with van der Waals surface area (Å²) in [5.74, 6) is 0.0955. The maximum absolute atomic E-state index is 13.6. The molecule has 0 aliphatic carbocycles. The summed E-state index contributed by atoms with van der Waals surface area (Å²) in [7, 11) is 0. The molecule has 0 radical (unpaired) electrons. The summed E-state index contributed by atoms with van der Waals surface area (Å²) in [6.45, 7) is 6.02. The fourth-order valence-electron chi connectivity index (χ4n) is 2.92. The lowest BCUT2D eigenvalue weighted by Gasteiger charge is -2.14. The lowest BCUT2D eigenvalue weighted by molar-refractivity contribution is 0.618. The molecule has 3 rings (SSSR count). The average Bonchev–Trinajstić information content (AvgIpc) is 2.87. The Morgan fingerprint density at radius 2 is 1.91 bits per heavy atom. The van der Waals surface area contributed by atoms with Gasteiger partial charge in [-0.05, 0) is 54.8 Å². The maximum atomic E-state index is 13.6. The number of benzene rings is 2. The Morgan fingerprint density at radius 1 is 1.17 bits per heavy atom. The van der Waals surface area contributed by atoms with Gasteiger partial charge in [0, 0.05) is 34.2 Å². The van der Waals surface area contributed by atoms with Crippen molar-refractivity contribution < 1.29 is 4.39 Å². The molecule has 118 valence electrons. The highest BCUT2D eigenvalue weighted by atomic mass is 19.1. The number of nitrogens with two attached hydrogens (primary N) is 1. The first-order valence-corrected chi connectivity index (χ1v) is 7.64. The van der Waals surface area contributed by atoms with Crippen LogP contribution < -0.4 is 5.73 Å². The summed E-state index contributed by atoms with van der Waals surface area (Å²) in [6, 6.07) is 11.1. The number of fused-ring (bicyclic) bond motifs is 1. The first-order chi connectivity index (χ1) is 10.9. The molecule has 1 aromatic heterocycles. The van der Waals surface area contributed by atoms with Crippen LogP contribution in [0.2, 0.25) is 0 Å². The third-order valence-electron chi connectivity index (χ3n) is 4.18. The number of nitrogens with one attached hydrogen (secondary N) is 1. The molecule has 0 amide bonds. The summed E-state index contributed by atoms with van der Waals surface area (Å²) in [6.07, 6.45) is 1.26. The lowest BCUT2D eigenvalue weighted by Crippen LogP contribution is -2.03. The number of rotatable bonds is 3. The Kier molecular flexibility index (Phi) is 3.68. The highest BCUT2D eigenvalue weighted by Crippen LogP contribution is 2.32. The predicted molar refractivity (Wildman–Crippen MR) is 94.4 cm³/mol. The minimum atomic E-state index is -0.208. The van der Waals surface area contributed by atoms with Crippen molar-refractivity contribution in [2.45, 2.75) is 26.7 Å². The zero-order chi connectivity index (χ0) is 16.7. The van der Waals surface area contributed by atoms with Crippen LogP contribution in [0, 0.1) is 18.2 Å². The smallest absolute Gasteiger partial charge is 0.126 e. The van der Waals surface area contributed by atoms with Gasteiger partial charge in [0.1, 0.15) is 5.82 Å². The third-order valence-corrected chi connectivity index (χ3v) is 4.18. The van der Waals surface area contributed by atoms with Crippen LogP contribution >= 0.6 is 0 Å². The van der Waals surface area contributed by atoms with E-state index in [1.165, 1.54) is 12.3 Å². The van der Waals surface area contributed by atoms with E-state index >= 15 is 0 Å². The Labute approximate surface area is 135 Å². The normalized spacial score (nSPS) is 11.3. The minimum Gasteiger partial charge on any atom is -0.398 e. The van der Waals surface area contributed by atoms with Gasteiger partial charge < -0.3 is 15.7 Å². The molecule has 3 N–H and O–H groups in total. The molecule has 0 atom stereocenters. The minimum absolute atomic E-state index is 0.208. The van der Waals surface area contributed by atoms with E-state index in [9.17, 15) is 4.39 Å². The number of anilines is 1. The topological polar surface area (TPSA) is 54.8 Å². The van der Waals surface area contributed by atoms with Crippen LogP contribution in [0.25, 0.3) is 16.6 Å². The Hall–Kier alpha value is -2.62. The maximum Gasteiger partial charge on any atom is 0.126 e. The summed E-state index contributed by atoms with van der Waals surface area (Å²) >= 11 is 0. The second kappa shape index (κ2) is 5.54. The van der Waals surface area contributed by atoms with E-state index in [0.717, 1.165) is 22.3 Å². The SMILES string of the molecule is Cc1cc(-n2c(C(C)C)cc3cc(N)c(C=N)cc32)ccc1F. The van der Waals surface area contributed by atoms with Crippen LogP contribution in [0.15, 0.2) is 36.4 Å². The zero-order valence-electron chi connectivity index (χ0n) is 13.5. The second-order valence-electron chi connectivity index (χ2n) is 6.18. The predicted octanol–water partition coefficient (Wildman–Crippen LogP) is 4.78. The van der Waals surface area contributed by atoms with Crippen molar-refractivity contribution in [3.63, 3.8) is 0 Å². The molecule has 0 unspecified atom stereocenters. The first kappa shape index (κ1) is 15.3. The van der Waals surface area contributed by atoms with Crippen LogP contribution in [0.1, 0.15) is 36.6 Å². The molecular weight excluding hydrogens is 289 g/mol. The van der Waals surface area contributed by atoms with Gasteiger partial charge in [0.2, 0.25) is 0 Å². The standard InChI is InChI=1S/C19H20FN3/c1-11(2)18-8-13-7-17(22)14(10-21)9-19(13)23(18)15-4-5-16(20)12(3)6-15/h4-11,21H,22H2,1-3H3. The summed E-state index contributed by atoms with van der Waals surface area (Å²) < 4.78 is 15.8. The van der Waals surface area contributed by atoms with Crippen molar-refractivity contribution in [2.24, 2.45) is 0 Å². The molecule has 0 aliphatic rings. The number of nitrogens with zero attached hydrogens (tertiary/aromatic N) is 1. The summed E-state index contributed by atoms with van der Waals surface area (Å²) in [5, 5.41) is 8.55. The van der Waals surface area contributed by atoms with E-state index in [0.29, 0.717) is 22.7 Å². The average molecular weight is 309 g/mol. The van der Waals surface area contributed by atoms with E-state index in [1.807, 2.05) is 18.2 Å². The molecule has 23 heavy (non-hydrogen) atoms. The lowest BCUT2D eigenvalue weighted by atomic mass is 10.1. The van der Waals surface area contributed by atoms with E-state index in [-0.39, 0.29) is 5.82 Å². The molecule has 0 bridgehead atoms. The second-order valence-corrected chi connectivity index (χ2v) is 6.18.